The zero-order valence-electron chi connectivity index (χ0n) is 14.1. The average molecular weight is 362 g/mol. The van der Waals surface area contributed by atoms with E-state index in [1.807, 2.05) is 0 Å². The Bertz CT molecular complexity index is 769. The van der Waals surface area contributed by atoms with Gasteiger partial charge in [0.1, 0.15) is 17.4 Å². The van der Waals surface area contributed by atoms with Crippen LogP contribution in [-0.4, -0.2) is 11.8 Å². The highest BCUT2D eigenvalue weighted by Crippen LogP contribution is 2.30. The molecule has 2 amide bonds. The first-order valence-electron chi connectivity index (χ1n) is 8.59. The molecular weight excluding hydrogens is 342 g/mol. The van der Waals surface area contributed by atoms with Gasteiger partial charge in [-0.2, -0.15) is 0 Å². The van der Waals surface area contributed by atoms with Crippen molar-refractivity contribution in [2.24, 2.45) is 11.8 Å². The van der Waals surface area contributed by atoms with Crippen LogP contribution in [0, 0.1) is 23.5 Å². The van der Waals surface area contributed by atoms with E-state index in [1.165, 1.54) is 6.07 Å². The first kappa shape index (κ1) is 18.1. The lowest BCUT2D eigenvalue weighted by Gasteiger charge is -2.27. The third-order valence-corrected chi connectivity index (χ3v) is 4.67. The van der Waals surface area contributed by atoms with Gasteiger partial charge in [0, 0.05) is 17.9 Å². The molecule has 3 rings (SSSR count). The molecule has 0 saturated heterocycles. The maximum atomic E-state index is 13.6. The summed E-state index contributed by atoms with van der Waals surface area (Å²) in [6, 6.07) is 6.58. The van der Waals surface area contributed by atoms with E-state index in [-0.39, 0.29) is 29.3 Å². The second-order valence-corrected chi connectivity index (χ2v) is 6.46. The molecule has 1 aromatic carbocycles. The topological polar surface area (TPSA) is 71.3 Å². The molecule has 7 heteroatoms. The number of benzene rings is 1. The van der Waals surface area contributed by atoms with Crippen LogP contribution < -0.4 is 10.6 Å². The molecule has 1 aliphatic carbocycles. The Balaban J connectivity index is 1.46. The van der Waals surface area contributed by atoms with E-state index >= 15 is 0 Å². The molecule has 0 aliphatic heterocycles. The van der Waals surface area contributed by atoms with Gasteiger partial charge in [-0.05, 0) is 49.9 Å². The van der Waals surface area contributed by atoms with Crippen molar-refractivity contribution < 1.29 is 22.8 Å². The van der Waals surface area contributed by atoms with Gasteiger partial charge in [-0.15, -0.1) is 0 Å². The fourth-order valence-corrected chi connectivity index (χ4v) is 3.18. The number of hydrogen-bond acceptors (Lipinski definition) is 3. The Morgan fingerprint density at radius 3 is 2.35 bits per heavy atom. The Morgan fingerprint density at radius 2 is 1.73 bits per heavy atom. The summed E-state index contributed by atoms with van der Waals surface area (Å²) in [5.74, 6) is -1.58. The molecule has 5 nitrogen and oxygen atoms in total. The molecule has 0 unspecified atom stereocenters. The van der Waals surface area contributed by atoms with Gasteiger partial charge in [-0.1, -0.05) is 0 Å². The fraction of sp³-hybridized carbons (Fsp3) is 0.368. The van der Waals surface area contributed by atoms with Gasteiger partial charge in [0.2, 0.25) is 11.8 Å². The van der Waals surface area contributed by atoms with Crippen molar-refractivity contribution in [2.45, 2.75) is 32.2 Å². The summed E-state index contributed by atoms with van der Waals surface area (Å²) in [7, 11) is 0. The first-order chi connectivity index (χ1) is 12.5. The highest BCUT2D eigenvalue weighted by molar-refractivity contribution is 5.92. The van der Waals surface area contributed by atoms with Crippen LogP contribution in [0.2, 0.25) is 0 Å². The van der Waals surface area contributed by atoms with Crippen LogP contribution >= 0.6 is 0 Å². The normalized spacial score (nSPS) is 19.8. The molecule has 1 aromatic heterocycles. The van der Waals surface area contributed by atoms with E-state index in [0.717, 1.165) is 12.1 Å². The van der Waals surface area contributed by atoms with Crippen molar-refractivity contribution in [2.75, 3.05) is 5.32 Å². The van der Waals surface area contributed by atoms with Crippen molar-refractivity contribution in [1.82, 2.24) is 5.32 Å². The van der Waals surface area contributed by atoms with E-state index in [2.05, 4.69) is 10.6 Å². The minimum absolute atomic E-state index is 0.0327. The highest BCUT2D eigenvalue weighted by Gasteiger charge is 2.30. The number of nitrogens with one attached hydrogen (secondary N) is 2. The minimum Gasteiger partial charge on any atom is -0.467 e. The lowest BCUT2D eigenvalue weighted by molar-refractivity contribution is -0.128. The number of hydrogen-bond donors (Lipinski definition) is 2. The monoisotopic (exact) mass is 362 g/mol. The summed E-state index contributed by atoms with van der Waals surface area (Å²) in [5.41, 5.74) is -0.0327. The number of rotatable bonds is 5. The van der Waals surface area contributed by atoms with Crippen molar-refractivity contribution in [3.63, 3.8) is 0 Å². The second kappa shape index (κ2) is 8.12. The van der Waals surface area contributed by atoms with Crippen LogP contribution in [0.15, 0.2) is 41.0 Å². The summed E-state index contributed by atoms with van der Waals surface area (Å²) in [6.07, 6.45) is 3.83. The minimum atomic E-state index is -0.802. The molecule has 1 saturated carbocycles. The van der Waals surface area contributed by atoms with Gasteiger partial charge in [0.15, 0.2) is 0 Å². The maximum absolute atomic E-state index is 13.6. The van der Waals surface area contributed by atoms with E-state index in [1.54, 1.807) is 18.4 Å². The number of halogens is 2. The smallest absolute Gasteiger partial charge is 0.227 e. The third-order valence-electron chi connectivity index (χ3n) is 4.67. The molecule has 138 valence electrons. The maximum Gasteiger partial charge on any atom is 0.227 e. The molecule has 2 aromatic rings. The molecule has 26 heavy (non-hydrogen) atoms. The summed E-state index contributed by atoms with van der Waals surface area (Å²) in [5, 5.41) is 5.33. The lowest BCUT2D eigenvalue weighted by atomic mass is 9.81. The van der Waals surface area contributed by atoms with Crippen LogP contribution in [0.3, 0.4) is 0 Å². The molecule has 1 aliphatic rings. The fourth-order valence-electron chi connectivity index (χ4n) is 3.18. The van der Waals surface area contributed by atoms with Crippen LogP contribution in [0.5, 0.6) is 0 Å². The van der Waals surface area contributed by atoms with Gasteiger partial charge in [0.05, 0.1) is 18.5 Å². The van der Waals surface area contributed by atoms with Crippen molar-refractivity contribution in [1.29, 1.82) is 0 Å². The highest BCUT2D eigenvalue weighted by atomic mass is 19.1. The molecular formula is C19H20F2N2O3. The molecule has 0 atom stereocenters. The predicted molar refractivity (Wildman–Crippen MR) is 91.0 cm³/mol. The summed E-state index contributed by atoms with van der Waals surface area (Å²) >= 11 is 0. The molecule has 0 bridgehead atoms. The second-order valence-electron chi connectivity index (χ2n) is 6.46. The first-order valence-corrected chi connectivity index (χ1v) is 8.59. The SMILES string of the molecule is O=C(NCc1ccco1)C1CCC(C(=O)Nc2ccc(F)cc2F)CC1. The number of amides is 2. The predicted octanol–water partition coefficient (Wildman–Crippen LogP) is 3.62. The van der Waals surface area contributed by atoms with Crippen LogP contribution in [-0.2, 0) is 16.1 Å². The largest absolute Gasteiger partial charge is 0.467 e. The third kappa shape index (κ3) is 4.47. The molecule has 0 spiro atoms. The van der Waals surface area contributed by atoms with Crippen LogP contribution in [0.4, 0.5) is 14.5 Å². The Hall–Kier alpha value is -2.70. The van der Waals surface area contributed by atoms with Crippen molar-refractivity contribution in [3.05, 3.63) is 54.0 Å². The Labute approximate surface area is 149 Å². The summed E-state index contributed by atoms with van der Waals surface area (Å²) in [4.78, 5) is 24.5. The number of carbonyl (C=O) groups is 2. The Kier molecular flexibility index (Phi) is 5.65. The molecule has 0 radical (unpaired) electrons. The number of furan rings is 1. The summed E-state index contributed by atoms with van der Waals surface area (Å²) in [6.45, 7) is 0.343. The lowest BCUT2D eigenvalue weighted by Crippen LogP contribution is -2.35. The van der Waals surface area contributed by atoms with Crippen molar-refractivity contribution >= 4 is 17.5 Å². The zero-order chi connectivity index (χ0) is 18.5. The van der Waals surface area contributed by atoms with E-state index in [9.17, 15) is 18.4 Å². The molecule has 1 heterocycles. The van der Waals surface area contributed by atoms with E-state index in [0.29, 0.717) is 38.0 Å². The standard InChI is InChI=1S/C19H20F2N2O3/c20-14-7-8-17(16(21)10-14)23-19(25)13-5-3-12(4-6-13)18(24)22-11-15-2-1-9-26-15/h1-2,7-10,12-13H,3-6,11H2,(H,22,24)(H,23,25). The molecule has 1 fully saturated rings. The average Bonchev–Trinajstić information content (AvgIpc) is 3.15. The Morgan fingerprint density at radius 1 is 1.04 bits per heavy atom. The van der Waals surface area contributed by atoms with E-state index < -0.39 is 11.6 Å². The van der Waals surface area contributed by atoms with E-state index in [4.69, 9.17) is 4.42 Å². The summed E-state index contributed by atoms with van der Waals surface area (Å²) < 4.78 is 31.7. The molecule has 2 N–H and O–H groups in total. The van der Waals surface area contributed by atoms with Gasteiger partial charge in [0.25, 0.3) is 0 Å². The van der Waals surface area contributed by atoms with Crippen molar-refractivity contribution in [3.8, 4) is 0 Å². The zero-order valence-corrected chi connectivity index (χ0v) is 14.1. The number of anilines is 1. The van der Waals surface area contributed by atoms with Gasteiger partial charge < -0.3 is 15.1 Å². The quantitative estimate of drug-likeness (QED) is 0.853. The number of carbonyl (C=O) groups excluding carboxylic acids is 2. The van der Waals surface area contributed by atoms with Gasteiger partial charge in [-0.25, -0.2) is 8.78 Å². The van der Waals surface area contributed by atoms with Gasteiger partial charge >= 0.3 is 0 Å². The van der Waals surface area contributed by atoms with Crippen LogP contribution in [0.1, 0.15) is 31.4 Å². The van der Waals surface area contributed by atoms with Gasteiger partial charge in [-0.3, -0.25) is 9.59 Å². The van der Waals surface area contributed by atoms with Crippen LogP contribution in [0.25, 0.3) is 0 Å².